The number of ether oxygens (including phenoxy) is 2. The average Bonchev–Trinajstić information content (AvgIpc) is 2.79. The molecule has 0 aromatic heterocycles. The Labute approximate surface area is 199 Å². The van der Waals surface area contributed by atoms with Gasteiger partial charge in [0, 0.05) is 6.54 Å². The van der Waals surface area contributed by atoms with Crippen molar-refractivity contribution in [1.82, 2.24) is 15.5 Å². The molecule has 0 saturated heterocycles. The summed E-state index contributed by atoms with van der Waals surface area (Å²) in [6.07, 6.45) is -0.173. The second-order valence-electron chi connectivity index (χ2n) is 8.43. The van der Waals surface area contributed by atoms with Crippen molar-refractivity contribution in [1.29, 1.82) is 0 Å². The molecule has 0 heterocycles. The van der Waals surface area contributed by atoms with Gasteiger partial charge in [-0.2, -0.15) is 0 Å². The Morgan fingerprint density at radius 1 is 1.09 bits per heavy atom. The Morgan fingerprint density at radius 3 is 2.18 bits per heavy atom. The van der Waals surface area contributed by atoms with E-state index in [1.165, 1.54) is 7.11 Å². The normalized spacial score (nSPS) is 12.8. The van der Waals surface area contributed by atoms with Crippen molar-refractivity contribution in [3.05, 3.63) is 35.4 Å². The molecule has 0 spiro atoms. The number of carbonyl (C=O) groups is 4. The molecule has 11 nitrogen and oxygen atoms in total. The number of hydrogen-bond acceptors (Lipinski definition) is 8. The van der Waals surface area contributed by atoms with Crippen LogP contribution in [0, 0.1) is 0 Å². The molecule has 0 bridgehead atoms. The predicted molar refractivity (Wildman–Crippen MR) is 123 cm³/mol. The topological polar surface area (TPSA) is 154 Å². The van der Waals surface area contributed by atoms with Gasteiger partial charge in [0.1, 0.15) is 24.2 Å². The largest absolute Gasteiger partial charge is 0.468 e. The molecule has 0 aliphatic heterocycles. The molecule has 0 aliphatic carbocycles. The second kappa shape index (κ2) is 13.5. The minimum atomic E-state index is -1.44. The maximum absolute atomic E-state index is 13.3. The zero-order chi connectivity index (χ0) is 25.9. The summed E-state index contributed by atoms with van der Waals surface area (Å²) in [7, 11) is 1.17. The molecule has 3 amide bonds. The Bertz CT molecular complexity index is 836. The third-order valence-electron chi connectivity index (χ3n) is 4.69. The number of rotatable bonds is 11. The zero-order valence-corrected chi connectivity index (χ0v) is 20.3. The van der Waals surface area contributed by atoms with Crippen LogP contribution in [0.1, 0.15) is 44.9 Å². The number of nitrogens with one attached hydrogen (secondary N) is 2. The van der Waals surface area contributed by atoms with E-state index in [4.69, 9.17) is 4.74 Å². The molecule has 1 aromatic carbocycles. The number of carbonyl (C=O) groups excluding carboxylic acids is 4. The molecule has 1 rings (SSSR count). The Hall–Kier alpha value is -3.18. The first kappa shape index (κ1) is 28.9. The highest BCUT2D eigenvalue weighted by Gasteiger charge is 2.36. The van der Waals surface area contributed by atoms with E-state index in [0.29, 0.717) is 5.56 Å². The SMILES string of the molecule is CCc1ccc(C(C(=O)NCC(=O)OC)N(CCO)C(=O)C(CO)NC(=O)OC(C)(C)C)cc1. The number of esters is 1. The third kappa shape index (κ3) is 8.99. The van der Waals surface area contributed by atoms with Gasteiger partial charge >= 0.3 is 12.1 Å². The molecular formula is C23H35N3O8. The highest BCUT2D eigenvalue weighted by atomic mass is 16.6. The Kier molecular flexibility index (Phi) is 11.5. The van der Waals surface area contributed by atoms with Gasteiger partial charge in [0.2, 0.25) is 11.8 Å². The van der Waals surface area contributed by atoms with Crippen LogP contribution in [0.5, 0.6) is 0 Å². The van der Waals surface area contributed by atoms with Gasteiger partial charge in [-0.25, -0.2) is 4.79 Å². The van der Waals surface area contributed by atoms with Crippen molar-refractivity contribution < 1.29 is 38.9 Å². The van der Waals surface area contributed by atoms with E-state index in [0.717, 1.165) is 16.9 Å². The summed E-state index contributed by atoms with van der Waals surface area (Å²) in [6.45, 7) is 4.91. The van der Waals surface area contributed by atoms with Crippen LogP contribution in [0.2, 0.25) is 0 Å². The minimum absolute atomic E-state index is 0.281. The number of benzene rings is 1. The van der Waals surface area contributed by atoms with Crippen molar-refractivity contribution in [2.75, 3.05) is 33.4 Å². The van der Waals surface area contributed by atoms with Crippen LogP contribution in [0.4, 0.5) is 4.79 Å². The molecule has 0 radical (unpaired) electrons. The van der Waals surface area contributed by atoms with E-state index in [9.17, 15) is 29.4 Å². The fraction of sp³-hybridized carbons (Fsp3) is 0.565. The van der Waals surface area contributed by atoms with Gasteiger partial charge < -0.3 is 35.2 Å². The summed E-state index contributed by atoms with van der Waals surface area (Å²) < 4.78 is 9.69. The van der Waals surface area contributed by atoms with Gasteiger partial charge in [-0.1, -0.05) is 31.2 Å². The molecule has 34 heavy (non-hydrogen) atoms. The van der Waals surface area contributed by atoms with Gasteiger partial charge in [-0.05, 0) is 38.3 Å². The van der Waals surface area contributed by atoms with Crippen molar-refractivity contribution in [3.8, 4) is 0 Å². The number of nitrogens with zero attached hydrogens (tertiary/aromatic N) is 1. The van der Waals surface area contributed by atoms with E-state index in [2.05, 4.69) is 15.4 Å². The van der Waals surface area contributed by atoms with Crippen LogP contribution in [0.15, 0.2) is 24.3 Å². The maximum Gasteiger partial charge on any atom is 0.408 e. The second-order valence-corrected chi connectivity index (χ2v) is 8.43. The van der Waals surface area contributed by atoms with Crippen molar-refractivity contribution >= 4 is 23.9 Å². The monoisotopic (exact) mass is 481 g/mol. The first-order chi connectivity index (χ1) is 16.0. The highest BCUT2D eigenvalue weighted by molar-refractivity contribution is 5.93. The van der Waals surface area contributed by atoms with Crippen LogP contribution < -0.4 is 10.6 Å². The third-order valence-corrected chi connectivity index (χ3v) is 4.69. The molecule has 190 valence electrons. The van der Waals surface area contributed by atoms with Crippen LogP contribution in [-0.4, -0.2) is 84.0 Å². The molecule has 1 aromatic rings. The van der Waals surface area contributed by atoms with E-state index in [-0.39, 0.29) is 6.54 Å². The first-order valence-electron chi connectivity index (χ1n) is 10.9. The number of aliphatic hydroxyl groups is 2. The van der Waals surface area contributed by atoms with Crippen LogP contribution >= 0.6 is 0 Å². The Balaban J connectivity index is 3.31. The first-order valence-corrected chi connectivity index (χ1v) is 10.9. The number of aliphatic hydroxyl groups excluding tert-OH is 2. The van der Waals surface area contributed by atoms with Gasteiger partial charge in [-0.3, -0.25) is 14.4 Å². The van der Waals surface area contributed by atoms with E-state index < -0.39 is 61.3 Å². The Morgan fingerprint density at radius 2 is 1.71 bits per heavy atom. The fourth-order valence-electron chi connectivity index (χ4n) is 3.05. The van der Waals surface area contributed by atoms with Crippen molar-refractivity contribution in [2.24, 2.45) is 0 Å². The number of aryl methyl sites for hydroxylation is 1. The molecule has 0 fully saturated rings. The van der Waals surface area contributed by atoms with Crippen molar-refractivity contribution in [2.45, 2.75) is 51.8 Å². The van der Waals surface area contributed by atoms with Crippen LogP contribution in [-0.2, 0) is 30.3 Å². The number of hydrogen-bond donors (Lipinski definition) is 4. The summed E-state index contributed by atoms with van der Waals surface area (Å²) in [5, 5.41) is 24.1. The van der Waals surface area contributed by atoms with Gasteiger partial charge in [0.15, 0.2) is 0 Å². The van der Waals surface area contributed by atoms with E-state index in [1.807, 2.05) is 6.92 Å². The molecule has 2 atom stereocenters. The van der Waals surface area contributed by atoms with Gasteiger partial charge in [-0.15, -0.1) is 0 Å². The molecule has 0 aliphatic rings. The van der Waals surface area contributed by atoms with E-state index in [1.54, 1.807) is 45.0 Å². The smallest absolute Gasteiger partial charge is 0.408 e. The lowest BCUT2D eigenvalue weighted by Gasteiger charge is -2.33. The van der Waals surface area contributed by atoms with Gasteiger partial charge in [0.25, 0.3) is 0 Å². The summed E-state index contributed by atoms with van der Waals surface area (Å²) in [4.78, 5) is 51.1. The lowest BCUT2D eigenvalue weighted by Crippen LogP contribution is -2.55. The quantitative estimate of drug-likeness (QED) is 0.329. The number of methoxy groups -OCH3 is 1. The fourth-order valence-corrected chi connectivity index (χ4v) is 3.05. The number of alkyl carbamates (subject to hydrolysis) is 1. The summed E-state index contributed by atoms with van der Waals surface area (Å²) in [5.41, 5.74) is 0.572. The summed E-state index contributed by atoms with van der Waals surface area (Å²) in [5.74, 6) is -2.21. The van der Waals surface area contributed by atoms with Crippen molar-refractivity contribution in [3.63, 3.8) is 0 Å². The lowest BCUT2D eigenvalue weighted by atomic mass is 10.0. The minimum Gasteiger partial charge on any atom is -0.468 e. The average molecular weight is 482 g/mol. The summed E-state index contributed by atoms with van der Waals surface area (Å²) in [6, 6.07) is 4.21. The molecule has 11 heteroatoms. The standard InChI is InChI=1S/C23H35N3O8/c1-6-15-7-9-16(10-8-15)19(20(30)24-13-18(29)33-5)26(11-12-27)21(31)17(14-28)25-22(32)34-23(2,3)4/h7-10,17,19,27-28H,6,11-14H2,1-5H3,(H,24,30)(H,25,32). The van der Waals surface area contributed by atoms with Gasteiger partial charge in [0.05, 0.1) is 20.3 Å². The lowest BCUT2D eigenvalue weighted by molar-refractivity contribution is -0.145. The molecule has 4 N–H and O–H groups in total. The number of amides is 3. The molecule has 0 saturated carbocycles. The molecular weight excluding hydrogens is 446 g/mol. The van der Waals surface area contributed by atoms with Crippen LogP contribution in [0.25, 0.3) is 0 Å². The van der Waals surface area contributed by atoms with Crippen LogP contribution in [0.3, 0.4) is 0 Å². The zero-order valence-electron chi connectivity index (χ0n) is 20.3. The predicted octanol–water partition coefficient (Wildman–Crippen LogP) is 0.286. The van der Waals surface area contributed by atoms with E-state index >= 15 is 0 Å². The highest BCUT2D eigenvalue weighted by Crippen LogP contribution is 2.23. The molecule has 2 unspecified atom stereocenters. The summed E-state index contributed by atoms with van der Waals surface area (Å²) >= 11 is 0. The maximum atomic E-state index is 13.3.